The molecule has 1 saturated heterocycles. The van der Waals surface area contributed by atoms with Gasteiger partial charge >= 0.3 is 0 Å². The van der Waals surface area contributed by atoms with Crippen LogP contribution in [0.2, 0.25) is 0 Å². The summed E-state index contributed by atoms with van der Waals surface area (Å²) in [6, 6.07) is 3.94. The van der Waals surface area contributed by atoms with Gasteiger partial charge in [0.25, 0.3) is 0 Å². The number of halogens is 1. The second-order valence-corrected chi connectivity index (χ2v) is 8.72. The topological polar surface area (TPSA) is 58.1 Å². The number of hydrogen-bond acceptors (Lipinski definition) is 4. The zero-order chi connectivity index (χ0) is 20.7. The number of nitrogens with zero attached hydrogens (tertiary/aromatic N) is 3. The minimum atomic E-state index is -0.0896. The van der Waals surface area contributed by atoms with E-state index in [1.165, 1.54) is 6.42 Å². The van der Waals surface area contributed by atoms with Crippen molar-refractivity contribution in [3.8, 4) is 0 Å². The van der Waals surface area contributed by atoms with E-state index >= 15 is 0 Å². The fourth-order valence-electron chi connectivity index (χ4n) is 4.34. The third-order valence-corrected chi connectivity index (χ3v) is 6.32. The Hall–Kier alpha value is -2.76. The van der Waals surface area contributed by atoms with Crippen molar-refractivity contribution in [2.45, 2.75) is 51.9 Å². The quantitative estimate of drug-likeness (QED) is 0.740. The molecule has 3 heterocycles. The van der Waals surface area contributed by atoms with Gasteiger partial charge in [-0.3, -0.25) is 4.79 Å². The first kappa shape index (κ1) is 19.2. The molecule has 0 atom stereocenters. The molecule has 0 unspecified atom stereocenters. The van der Waals surface area contributed by atoms with E-state index in [9.17, 15) is 9.18 Å². The first-order valence-corrected chi connectivity index (χ1v) is 11.0. The van der Waals surface area contributed by atoms with Crippen LogP contribution in [0.15, 0.2) is 35.8 Å². The molecule has 1 amide bonds. The van der Waals surface area contributed by atoms with E-state index < -0.39 is 0 Å². The average Bonchev–Trinajstić information content (AvgIpc) is 3.61. The Morgan fingerprint density at radius 1 is 1.17 bits per heavy atom. The molecule has 6 heteroatoms. The number of carbonyl (C=O) groups is 1. The normalized spacial score (nSPS) is 19.8. The van der Waals surface area contributed by atoms with Crippen molar-refractivity contribution in [2.24, 2.45) is 5.92 Å². The fraction of sp³-hybridized carbons (Fsp3) is 0.458. The van der Waals surface area contributed by atoms with Gasteiger partial charge in [0, 0.05) is 48.0 Å². The molecule has 1 aliphatic heterocycles. The number of amides is 1. The zero-order valence-electron chi connectivity index (χ0n) is 17.4. The lowest BCUT2D eigenvalue weighted by atomic mass is 9.95. The van der Waals surface area contributed by atoms with Crippen molar-refractivity contribution in [3.63, 3.8) is 0 Å². The Kier molecular flexibility index (Phi) is 5.01. The van der Waals surface area contributed by atoms with E-state index in [-0.39, 0.29) is 17.7 Å². The lowest BCUT2D eigenvalue weighted by molar-refractivity contribution is -0.117. The van der Waals surface area contributed by atoms with Crippen molar-refractivity contribution in [1.29, 1.82) is 0 Å². The van der Waals surface area contributed by atoms with E-state index in [0.29, 0.717) is 12.2 Å². The molecule has 2 fully saturated rings. The summed E-state index contributed by atoms with van der Waals surface area (Å²) < 4.78 is 14.0. The van der Waals surface area contributed by atoms with Crippen LogP contribution in [0, 0.1) is 5.92 Å². The first-order chi connectivity index (χ1) is 14.6. The molecule has 2 aromatic heterocycles. The van der Waals surface area contributed by atoms with E-state index in [0.717, 1.165) is 78.6 Å². The Balaban J connectivity index is 1.60. The lowest BCUT2D eigenvalue weighted by Crippen LogP contribution is -2.30. The van der Waals surface area contributed by atoms with Gasteiger partial charge in [-0.2, -0.15) is 0 Å². The highest BCUT2D eigenvalue weighted by atomic mass is 19.1. The summed E-state index contributed by atoms with van der Waals surface area (Å²) >= 11 is 0. The SMILES string of the molecule is CC1=C(c2cc3cnc(NC(=O)C4CC4)cc3c(N3CCCCC3)n2)C=C(F)CC1. The summed E-state index contributed by atoms with van der Waals surface area (Å²) in [5, 5.41) is 4.90. The van der Waals surface area contributed by atoms with Crippen LogP contribution in [-0.2, 0) is 4.79 Å². The number of hydrogen-bond donors (Lipinski definition) is 1. The number of anilines is 2. The smallest absolute Gasteiger partial charge is 0.228 e. The molecule has 3 aliphatic rings. The van der Waals surface area contributed by atoms with Gasteiger partial charge in [0.05, 0.1) is 5.69 Å². The number of piperidine rings is 1. The number of carbonyl (C=O) groups excluding carboxylic acids is 1. The number of fused-ring (bicyclic) bond motifs is 1. The molecule has 0 radical (unpaired) electrons. The van der Waals surface area contributed by atoms with Crippen LogP contribution < -0.4 is 10.2 Å². The van der Waals surface area contributed by atoms with Crippen LogP contribution in [0.1, 0.15) is 57.6 Å². The number of pyridine rings is 2. The molecule has 2 aromatic rings. The molecular formula is C24H27FN4O. The van der Waals surface area contributed by atoms with Crippen LogP contribution in [0.25, 0.3) is 16.3 Å². The van der Waals surface area contributed by atoms with Crippen molar-refractivity contribution < 1.29 is 9.18 Å². The molecule has 1 N–H and O–H groups in total. The highest BCUT2D eigenvalue weighted by molar-refractivity contribution is 5.99. The Morgan fingerprint density at radius 2 is 1.97 bits per heavy atom. The second kappa shape index (κ2) is 7.82. The summed E-state index contributed by atoms with van der Waals surface area (Å²) in [6.45, 7) is 3.97. The maximum Gasteiger partial charge on any atom is 0.228 e. The van der Waals surface area contributed by atoms with E-state index in [4.69, 9.17) is 4.98 Å². The van der Waals surface area contributed by atoms with Gasteiger partial charge in [-0.25, -0.2) is 14.4 Å². The molecule has 5 nitrogen and oxygen atoms in total. The Bertz CT molecular complexity index is 1060. The maximum absolute atomic E-state index is 14.0. The van der Waals surface area contributed by atoms with E-state index in [1.54, 1.807) is 12.3 Å². The third kappa shape index (κ3) is 3.83. The van der Waals surface area contributed by atoms with E-state index in [2.05, 4.69) is 22.1 Å². The molecular weight excluding hydrogens is 379 g/mol. The molecule has 0 spiro atoms. The van der Waals surface area contributed by atoms with Crippen LogP contribution in [0.3, 0.4) is 0 Å². The first-order valence-electron chi connectivity index (χ1n) is 11.0. The number of rotatable bonds is 4. The Morgan fingerprint density at radius 3 is 2.73 bits per heavy atom. The second-order valence-electron chi connectivity index (χ2n) is 8.72. The van der Waals surface area contributed by atoms with E-state index in [1.807, 2.05) is 12.1 Å². The van der Waals surface area contributed by atoms with Gasteiger partial charge in [0.15, 0.2) is 0 Å². The van der Waals surface area contributed by atoms with Crippen LogP contribution in [0.5, 0.6) is 0 Å². The van der Waals surface area contributed by atoms with Gasteiger partial charge in [-0.1, -0.05) is 5.57 Å². The summed E-state index contributed by atoms with van der Waals surface area (Å²) in [6.07, 6.45) is 10.1. The van der Waals surface area contributed by atoms with Crippen molar-refractivity contribution in [1.82, 2.24) is 9.97 Å². The largest absolute Gasteiger partial charge is 0.356 e. The minimum absolute atomic E-state index is 0.0505. The number of allylic oxidation sites excluding steroid dienone is 4. The summed E-state index contributed by atoms with van der Waals surface area (Å²) in [4.78, 5) is 24.0. The highest BCUT2D eigenvalue weighted by Crippen LogP contribution is 2.36. The van der Waals surface area contributed by atoms with Crippen LogP contribution in [0.4, 0.5) is 16.0 Å². The fourth-order valence-corrected chi connectivity index (χ4v) is 4.34. The van der Waals surface area contributed by atoms with Crippen molar-refractivity contribution >= 4 is 33.9 Å². The van der Waals surface area contributed by atoms with Gasteiger partial charge in [-0.05, 0) is 63.7 Å². The molecule has 2 aliphatic carbocycles. The van der Waals surface area contributed by atoms with Crippen LogP contribution >= 0.6 is 0 Å². The van der Waals surface area contributed by atoms with Gasteiger partial charge in [-0.15, -0.1) is 0 Å². The summed E-state index contributed by atoms with van der Waals surface area (Å²) in [7, 11) is 0. The molecule has 156 valence electrons. The monoisotopic (exact) mass is 406 g/mol. The zero-order valence-corrected chi connectivity index (χ0v) is 17.4. The minimum Gasteiger partial charge on any atom is -0.356 e. The molecule has 0 bridgehead atoms. The molecule has 5 rings (SSSR count). The molecule has 0 aromatic carbocycles. The number of aromatic nitrogens is 2. The lowest BCUT2D eigenvalue weighted by Gasteiger charge is -2.29. The predicted octanol–water partition coefficient (Wildman–Crippen LogP) is 5.39. The molecule has 1 saturated carbocycles. The average molecular weight is 407 g/mol. The van der Waals surface area contributed by atoms with Gasteiger partial charge in [0.1, 0.15) is 17.5 Å². The van der Waals surface area contributed by atoms with Crippen molar-refractivity contribution in [2.75, 3.05) is 23.3 Å². The standard InChI is InChI=1S/C24H27FN4O/c1-15-5-8-18(25)12-19(15)21-11-17-14-26-22(28-24(30)16-6-7-16)13-20(17)23(27-21)29-9-3-2-4-10-29/h11-14,16H,2-10H2,1H3,(H,26,28,30). The number of nitrogens with one attached hydrogen (secondary N) is 1. The van der Waals surface area contributed by atoms with Crippen molar-refractivity contribution in [3.05, 3.63) is 41.5 Å². The highest BCUT2D eigenvalue weighted by Gasteiger charge is 2.30. The summed E-state index contributed by atoms with van der Waals surface area (Å²) in [5.74, 6) is 1.58. The maximum atomic E-state index is 14.0. The van der Waals surface area contributed by atoms with Gasteiger partial charge < -0.3 is 10.2 Å². The Labute approximate surface area is 176 Å². The van der Waals surface area contributed by atoms with Gasteiger partial charge in [0.2, 0.25) is 5.91 Å². The van der Waals surface area contributed by atoms with Crippen LogP contribution in [-0.4, -0.2) is 29.0 Å². The molecule has 30 heavy (non-hydrogen) atoms. The predicted molar refractivity (Wildman–Crippen MR) is 118 cm³/mol. The third-order valence-electron chi connectivity index (χ3n) is 6.32. The summed E-state index contributed by atoms with van der Waals surface area (Å²) in [5.41, 5.74) is 2.84.